The van der Waals surface area contributed by atoms with E-state index < -0.39 is 6.04 Å². The van der Waals surface area contributed by atoms with Gasteiger partial charge in [0, 0.05) is 17.1 Å². The van der Waals surface area contributed by atoms with Crippen molar-refractivity contribution in [2.45, 2.75) is 52.0 Å². The standard InChI is InChI=1S/C19H23ClN4O3S/c1-12(25)7-4-3-5-10-16(22-19(27)17-13(2)23-24-28-17)18(26)21-15-9-6-8-14(20)11-15/h6,8-9,11,16H,3-5,7,10H2,1-2H3,(H,21,26)(H,22,27)/t16-/m0/s1. The maximum absolute atomic E-state index is 12.7. The summed E-state index contributed by atoms with van der Waals surface area (Å²) in [5.74, 6) is -0.545. The molecule has 2 rings (SSSR count). The van der Waals surface area contributed by atoms with Crippen LogP contribution in [0.5, 0.6) is 0 Å². The van der Waals surface area contributed by atoms with E-state index >= 15 is 0 Å². The van der Waals surface area contributed by atoms with Crippen LogP contribution in [0, 0.1) is 6.92 Å². The van der Waals surface area contributed by atoms with Crippen LogP contribution >= 0.6 is 23.1 Å². The van der Waals surface area contributed by atoms with Gasteiger partial charge in [0.2, 0.25) is 5.91 Å². The van der Waals surface area contributed by atoms with Gasteiger partial charge >= 0.3 is 0 Å². The van der Waals surface area contributed by atoms with E-state index in [1.807, 2.05) is 0 Å². The minimum atomic E-state index is -0.717. The number of unbranched alkanes of at least 4 members (excludes halogenated alkanes) is 2. The average Bonchev–Trinajstić information content (AvgIpc) is 3.06. The van der Waals surface area contributed by atoms with Gasteiger partial charge < -0.3 is 15.4 Å². The third kappa shape index (κ3) is 7.01. The molecule has 0 saturated carbocycles. The van der Waals surface area contributed by atoms with Crippen molar-refractivity contribution in [2.24, 2.45) is 0 Å². The highest BCUT2D eigenvalue weighted by Gasteiger charge is 2.23. The summed E-state index contributed by atoms with van der Waals surface area (Å²) in [5.41, 5.74) is 1.09. The molecule has 150 valence electrons. The SMILES string of the molecule is CC(=O)CCCCC[C@H](NC(=O)c1snnc1C)C(=O)Nc1cccc(Cl)c1. The summed E-state index contributed by atoms with van der Waals surface area (Å²) in [5, 5.41) is 9.90. The Balaban J connectivity index is 2.01. The van der Waals surface area contributed by atoms with E-state index in [0.717, 1.165) is 24.4 Å². The predicted octanol–water partition coefficient (Wildman–Crippen LogP) is 3.78. The summed E-state index contributed by atoms with van der Waals surface area (Å²) in [6.07, 6.45) is 3.27. The quantitative estimate of drug-likeness (QED) is 0.567. The second-order valence-corrected chi connectivity index (χ2v) is 7.71. The summed E-state index contributed by atoms with van der Waals surface area (Å²) >= 11 is 6.95. The Hall–Kier alpha value is -2.32. The number of nitrogens with zero attached hydrogens (tertiary/aromatic N) is 2. The number of carbonyl (C=O) groups is 3. The molecule has 0 spiro atoms. The van der Waals surface area contributed by atoms with Crippen molar-refractivity contribution in [1.29, 1.82) is 0 Å². The fraction of sp³-hybridized carbons (Fsp3) is 0.421. The van der Waals surface area contributed by atoms with Crippen molar-refractivity contribution < 1.29 is 14.4 Å². The van der Waals surface area contributed by atoms with Crippen LogP contribution < -0.4 is 10.6 Å². The van der Waals surface area contributed by atoms with Crippen molar-refractivity contribution in [3.8, 4) is 0 Å². The highest BCUT2D eigenvalue weighted by Crippen LogP contribution is 2.17. The molecule has 0 bridgehead atoms. The average molecular weight is 423 g/mol. The van der Waals surface area contributed by atoms with E-state index in [1.165, 1.54) is 0 Å². The van der Waals surface area contributed by atoms with Gasteiger partial charge in [-0.15, -0.1) is 5.10 Å². The molecule has 0 saturated heterocycles. The van der Waals surface area contributed by atoms with Gasteiger partial charge in [-0.2, -0.15) is 0 Å². The van der Waals surface area contributed by atoms with Gasteiger partial charge in [-0.25, -0.2) is 0 Å². The first-order valence-electron chi connectivity index (χ1n) is 9.02. The lowest BCUT2D eigenvalue weighted by Crippen LogP contribution is -2.43. The Morgan fingerprint density at radius 3 is 2.64 bits per heavy atom. The lowest BCUT2D eigenvalue weighted by Gasteiger charge is -2.18. The number of Topliss-reactive ketones (excluding diaryl/α,β-unsaturated/α-hetero) is 1. The molecule has 28 heavy (non-hydrogen) atoms. The zero-order chi connectivity index (χ0) is 20.5. The molecule has 0 aliphatic heterocycles. The first kappa shape index (κ1) is 22.0. The van der Waals surface area contributed by atoms with Crippen LogP contribution in [0.15, 0.2) is 24.3 Å². The van der Waals surface area contributed by atoms with Crippen LogP contribution in [-0.4, -0.2) is 33.2 Å². The number of halogens is 1. The topological polar surface area (TPSA) is 101 Å². The molecule has 1 aromatic heterocycles. The number of aryl methyl sites for hydroxylation is 1. The lowest BCUT2D eigenvalue weighted by molar-refractivity contribution is -0.118. The molecule has 2 aromatic rings. The molecular weight excluding hydrogens is 400 g/mol. The first-order valence-corrected chi connectivity index (χ1v) is 10.2. The number of rotatable bonds is 10. The Labute approximate surface area is 173 Å². The van der Waals surface area contributed by atoms with Crippen molar-refractivity contribution in [1.82, 2.24) is 14.9 Å². The Morgan fingerprint density at radius 1 is 1.21 bits per heavy atom. The fourth-order valence-electron chi connectivity index (χ4n) is 2.63. The van der Waals surface area contributed by atoms with E-state index in [9.17, 15) is 14.4 Å². The number of carbonyl (C=O) groups excluding carboxylic acids is 3. The Kier molecular flexibility index (Phi) is 8.53. The van der Waals surface area contributed by atoms with Crippen LogP contribution in [-0.2, 0) is 9.59 Å². The molecule has 2 amide bonds. The minimum absolute atomic E-state index is 0.150. The van der Waals surface area contributed by atoms with Crippen LogP contribution in [0.3, 0.4) is 0 Å². The third-order valence-electron chi connectivity index (χ3n) is 4.09. The highest BCUT2D eigenvalue weighted by atomic mass is 35.5. The van der Waals surface area contributed by atoms with Crippen LogP contribution in [0.1, 0.15) is 54.4 Å². The summed E-state index contributed by atoms with van der Waals surface area (Å²) < 4.78 is 3.76. The monoisotopic (exact) mass is 422 g/mol. The van der Waals surface area contributed by atoms with Gasteiger partial charge in [-0.05, 0) is 56.4 Å². The number of aromatic nitrogens is 2. The summed E-state index contributed by atoms with van der Waals surface area (Å²) in [7, 11) is 0. The smallest absolute Gasteiger partial charge is 0.265 e. The lowest BCUT2D eigenvalue weighted by atomic mass is 10.0. The molecule has 1 heterocycles. The van der Waals surface area contributed by atoms with Gasteiger partial charge in [0.05, 0.1) is 5.69 Å². The van der Waals surface area contributed by atoms with E-state index in [2.05, 4.69) is 20.2 Å². The van der Waals surface area contributed by atoms with E-state index in [4.69, 9.17) is 11.6 Å². The first-order chi connectivity index (χ1) is 13.4. The predicted molar refractivity (Wildman–Crippen MR) is 110 cm³/mol. The van der Waals surface area contributed by atoms with Gasteiger partial charge in [0.1, 0.15) is 16.7 Å². The minimum Gasteiger partial charge on any atom is -0.339 e. The summed E-state index contributed by atoms with van der Waals surface area (Å²) in [4.78, 5) is 36.7. The molecule has 7 nitrogen and oxygen atoms in total. The molecule has 0 radical (unpaired) electrons. The van der Waals surface area contributed by atoms with Crippen molar-refractivity contribution in [3.05, 3.63) is 39.9 Å². The largest absolute Gasteiger partial charge is 0.339 e. The molecular formula is C19H23ClN4O3S. The second-order valence-electron chi connectivity index (χ2n) is 6.51. The van der Waals surface area contributed by atoms with Gasteiger partial charge in [0.15, 0.2) is 0 Å². The number of benzene rings is 1. The Bertz CT molecular complexity index is 840. The third-order valence-corrected chi connectivity index (χ3v) is 5.16. The number of ketones is 1. The maximum atomic E-state index is 12.7. The van der Waals surface area contributed by atoms with E-state index in [1.54, 1.807) is 38.1 Å². The normalized spacial score (nSPS) is 11.7. The van der Waals surface area contributed by atoms with Gasteiger partial charge in [-0.3, -0.25) is 9.59 Å². The summed E-state index contributed by atoms with van der Waals surface area (Å²) in [6.45, 7) is 3.26. The molecule has 1 aromatic carbocycles. The van der Waals surface area contributed by atoms with Crippen molar-refractivity contribution in [3.63, 3.8) is 0 Å². The van der Waals surface area contributed by atoms with Crippen molar-refractivity contribution >= 4 is 46.4 Å². The number of hydrogen-bond acceptors (Lipinski definition) is 6. The molecule has 2 N–H and O–H groups in total. The molecule has 0 fully saturated rings. The van der Waals surface area contributed by atoms with E-state index in [-0.39, 0.29) is 17.6 Å². The van der Waals surface area contributed by atoms with Gasteiger partial charge in [-0.1, -0.05) is 35.0 Å². The zero-order valence-corrected chi connectivity index (χ0v) is 17.4. The molecule has 9 heteroatoms. The molecule has 0 unspecified atom stereocenters. The maximum Gasteiger partial charge on any atom is 0.265 e. The van der Waals surface area contributed by atoms with Crippen molar-refractivity contribution in [2.75, 3.05) is 5.32 Å². The second kappa shape index (κ2) is 10.9. The molecule has 1 atom stereocenters. The summed E-state index contributed by atoms with van der Waals surface area (Å²) in [6, 6.07) is 6.10. The fourth-order valence-corrected chi connectivity index (χ4v) is 3.38. The van der Waals surface area contributed by atoms with Gasteiger partial charge in [0.25, 0.3) is 5.91 Å². The number of hydrogen-bond donors (Lipinski definition) is 2. The van der Waals surface area contributed by atoms with Crippen LogP contribution in [0.25, 0.3) is 0 Å². The van der Waals surface area contributed by atoms with Crippen LogP contribution in [0.2, 0.25) is 5.02 Å². The molecule has 0 aliphatic rings. The van der Waals surface area contributed by atoms with Crippen LogP contribution in [0.4, 0.5) is 5.69 Å². The molecule has 0 aliphatic carbocycles. The number of nitrogens with one attached hydrogen (secondary N) is 2. The number of amides is 2. The zero-order valence-electron chi connectivity index (χ0n) is 15.8. The highest BCUT2D eigenvalue weighted by molar-refractivity contribution is 7.08. The Morgan fingerprint density at radius 2 is 2.00 bits per heavy atom. The van der Waals surface area contributed by atoms with E-state index in [0.29, 0.717) is 40.5 Å². The number of anilines is 1.